The first-order chi connectivity index (χ1) is 12.2. The summed E-state index contributed by atoms with van der Waals surface area (Å²) in [6, 6.07) is 10.3. The van der Waals surface area contributed by atoms with Gasteiger partial charge in [-0.05, 0) is 29.7 Å². The van der Waals surface area contributed by atoms with Crippen LogP contribution >= 0.6 is 0 Å². The Kier molecular flexibility index (Phi) is 3.85. The minimum absolute atomic E-state index is 0.467. The highest BCUT2D eigenvalue weighted by Gasteiger charge is 2.15. The number of fused-ring (bicyclic) bond motifs is 1. The van der Waals surface area contributed by atoms with Crippen LogP contribution in [0.3, 0.4) is 0 Å². The summed E-state index contributed by atoms with van der Waals surface area (Å²) >= 11 is 0. The molecule has 0 fully saturated rings. The second kappa shape index (κ2) is 6.32. The number of aromatic nitrogens is 5. The number of anilines is 2. The van der Waals surface area contributed by atoms with Gasteiger partial charge in [-0.2, -0.15) is 0 Å². The second-order valence-corrected chi connectivity index (χ2v) is 6.11. The van der Waals surface area contributed by atoms with Gasteiger partial charge in [0.15, 0.2) is 5.65 Å². The number of hydrogen-bond donors (Lipinski definition) is 1. The van der Waals surface area contributed by atoms with Crippen LogP contribution in [0.25, 0.3) is 17.0 Å². The maximum Gasteiger partial charge on any atom is 0.157 e. The van der Waals surface area contributed by atoms with E-state index in [1.807, 2.05) is 16.7 Å². The largest absolute Gasteiger partial charge is 0.339 e. The number of benzene rings is 1. The van der Waals surface area contributed by atoms with Gasteiger partial charge in [0, 0.05) is 24.3 Å². The van der Waals surface area contributed by atoms with Crippen LogP contribution in [0, 0.1) is 0 Å². The molecule has 0 amide bonds. The van der Waals surface area contributed by atoms with E-state index in [-0.39, 0.29) is 0 Å². The highest BCUT2D eigenvalue weighted by atomic mass is 15.1. The highest BCUT2D eigenvalue weighted by molar-refractivity contribution is 5.77. The zero-order valence-electron chi connectivity index (χ0n) is 14.1. The summed E-state index contributed by atoms with van der Waals surface area (Å²) in [6.45, 7) is 4.37. The van der Waals surface area contributed by atoms with E-state index in [1.54, 1.807) is 18.6 Å². The number of nitrogens with zero attached hydrogens (tertiary/aromatic N) is 5. The molecule has 0 radical (unpaired) electrons. The van der Waals surface area contributed by atoms with Crippen molar-refractivity contribution in [2.45, 2.75) is 19.8 Å². The van der Waals surface area contributed by atoms with E-state index in [4.69, 9.17) is 0 Å². The lowest BCUT2D eigenvalue weighted by molar-refractivity contribution is 0.867. The van der Waals surface area contributed by atoms with Crippen molar-refractivity contribution in [2.75, 3.05) is 5.32 Å². The third kappa shape index (κ3) is 2.94. The molecule has 1 aromatic carbocycles. The van der Waals surface area contributed by atoms with Gasteiger partial charge in [-0.15, -0.1) is 0 Å². The van der Waals surface area contributed by atoms with Crippen LogP contribution in [0.1, 0.15) is 25.3 Å². The van der Waals surface area contributed by atoms with E-state index < -0.39 is 0 Å². The molecule has 3 heterocycles. The molecule has 0 spiro atoms. The molecular weight excluding hydrogens is 312 g/mol. The van der Waals surface area contributed by atoms with Crippen molar-refractivity contribution in [3.8, 4) is 11.4 Å². The van der Waals surface area contributed by atoms with Crippen LogP contribution in [-0.2, 0) is 0 Å². The summed E-state index contributed by atoms with van der Waals surface area (Å²) in [7, 11) is 0. The van der Waals surface area contributed by atoms with Crippen molar-refractivity contribution in [3.05, 3.63) is 67.0 Å². The Morgan fingerprint density at radius 3 is 2.80 bits per heavy atom. The molecule has 0 saturated heterocycles. The summed E-state index contributed by atoms with van der Waals surface area (Å²) < 4.78 is 1.98. The van der Waals surface area contributed by atoms with Gasteiger partial charge in [-0.25, -0.2) is 15.0 Å². The molecule has 6 nitrogen and oxygen atoms in total. The highest BCUT2D eigenvalue weighted by Crippen LogP contribution is 2.30. The standard InChI is InChI=1S/C19H18N6/c1-13(2)14-4-3-5-15(10-14)23-19-18(16-6-7-21-12-22-16)24-17-11-20-8-9-25(17)19/h3-13,23H,1-2H3. The minimum Gasteiger partial charge on any atom is -0.339 e. The average Bonchev–Trinajstić information content (AvgIpc) is 3.01. The summed E-state index contributed by atoms with van der Waals surface area (Å²) in [5, 5.41) is 3.50. The second-order valence-electron chi connectivity index (χ2n) is 6.11. The lowest BCUT2D eigenvalue weighted by Gasteiger charge is -2.11. The first kappa shape index (κ1) is 15.3. The van der Waals surface area contributed by atoms with Crippen molar-refractivity contribution in [3.63, 3.8) is 0 Å². The van der Waals surface area contributed by atoms with E-state index in [1.165, 1.54) is 11.9 Å². The zero-order chi connectivity index (χ0) is 17.2. The van der Waals surface area contributed by atoms with Crippen LogP contribution in [0.4, 0.5) is 11.5 Å². The van der Waals surface area contributed by atoms with Gasteiger partial charge >= 0.3 is 0 Å². The fourth-order valence-corrected chi connectivity index (χ4v) is 2.75. The van der Waals surface area contributed by atoms with Crippen LogP contribution in [-0.4, -0.2) is 24.3 Å². The van der Waals surface area contributed by atoms with Crippen molar-refractivity contribution in [1.82, 2.24) is 24.3 Å². The Hall–Kier alpha value is -3.28. The third-order valence-electron chi connectivity index (χ3n) is 4.07. The molecule has 3 aromatic heterocycles. The molecule has 0 aliphatic rings. The molecule has 4 rings (SSSR count). The van der Waals surface area contributed by atoms with E-state index in [2.05, 4.69) is 63.4 Å². The number of nitrogens with one attached hydrogen (secondary N) is 1. The molecule has 25 heavy (non-hydrogen) atoms. The SMILES string of the molecule is CC(C)c1cccc(Nc2c(-c3ccncn3)nc3cnccn23)c1. The van der Waals surface area contributed by atoms with Gasteiger partial charge in [0.2, 0.25) is 0 Å². The van der Waals surface area contributed by atoms with Gasteiger partial charge < -0.3 is 5.32 Å². The fourth-order valence-electron chi connectivity index (χ4n) is 2.75. The van der Waals surface area contributed by atoms with Crippen molar-refractivity contribution >= 4 is 17.2 Å². The van der Waals surface area contributed by atoms with E-state index in [0.717, 1.165) is 28.5 Å². The van der Waals surface area contributed by atoms with Gasteiger partial charge in [0.1, 0.15) is 17.8 Å². The fraction of sp³-hybridized carbons (Fsp3) is 0.158. The third-order valence-corrected chi connectivity index (χ3v) is 4.07. The molecule has 0 saturated carbocycles. The predicted molar refractivity (Wildman–Crippen MR) is 97.8 cm³/mol. The molecule has 124 valence electrons. The van der Waals surface area contributed by atoms with Crippen molar-refractivity contribution in [1.29, 1.82) is 0 Å². The molecule has 0 bridgehead atoms. The van der Waals surface area contributed by atoms with Gasteiger partial charge in [-0.1, -0.05) is 26.0 Å². The van der Waals surface area contributed by atoms with Crippen LogP contribution < -0.4 is 5.32 Å². The summed E-state index contributed by atoms with van der Waals surface area (Å²) in [5.41, 5.74) is 4.59. The normalized spacial score (nSPS) is 11.2. The maximum atomic E-state index is 4.68. The Labute approximate surface area is 145 Å². The lowest BCUT2D eigenvalue weighted by Crippen LogP contribution is -1.99. The summed E-state index contributed by atoms with van der Waals surface area (Å²) in [4.78, 5) is 17.2. The maximum absolute atomic E-state index is 4.68. The zero-order valence-corrected chi connectivity index (χ0v) is 14.1. The average molecular weight is 330 g/mol. The van der Waals surface area contributed by atoms with Crippen LogP contribution in [0.2, 0.25) is 0 Å². The topological polar surface area (TPSA) is 68.0 Å². The molecule has 0 aliphatic heterocycles. The summed E-state index contributed by atoms with van der Waals surface area (Å²) in [5.74, 6) is 1.33. The Morgan fingerprint density at radius 1 is 1.08 bits per heavy atom. The van der Waals surface area contributed by atoms with Gasteiger partial charge in [0.05, 0.1) is 11.9 Å². The molecule has 1 N–H and O–H groups in total. The summed E-state index contributed by atoms with van der Waals surface area (Å²) in [6.07, 6.45) is 8.62. The molecule has 6 heteroatoms. The number of imidazole rings is 1. The van der Waals surface area contributed by atoms with E-state index in [9.17, 15) is 0 Å². The molecule has 4 aromatic rings. The van der Waals surface area contributed by atoms with Crippen molar-refractivity contribution < 1.29 is 0 Å². The smallest absolute Gasteiger partial charge is 0.157 e. The molecule has 0 unspecified atom stereocenters. The van der Waals surface area contributed by atoms with Crippen LogP contribution in [0.15, 0.2) is 61.4 Å². The van der Waals surface area contributed by atoms with Gasteiger partial charge in [-0.3, -0.25) is 9.38 Å². The van der Waals surface area contributed by atoms with E-state index in [0.29, 0.717) is 5.92 Å². The predicted octanol–water partition coefficient (Wildman–Crippen LogP) is 4.05. The first-order valence-electron chi connectivity index (χ1n) is 8.18. The Balaban J connectivity index is 1.84. The quantitative estimate of drug-likeness (QED) is 0.611. The molecule has 0 aliphatic carbocycles. The van der Waals surface area contributed by atoms with Crippen molar-refractivity contribution in [2.24, 2.45) is 0 Å². The minimum atomic E-state index is 0.467. The van der Waals surface area contributed by atoms with Crippen LogP contribution in [0.5, 0.6) is 0 Å². The molecule has 0 atom stereocenters. The Morgan fingerprint density at radius 2 is 2.00 bits per heavy atom. The van der Waals surface area contributed by atoms with E-state index >= 15 is 0 Å². The molecular formula is C19H18N6. The number of rotatable bonds is 4. The van der Waals surface area contributed by atoms with Gasteiger partial charge in [0.25, 0.3) is 0 Å². The lowest BCUT2D eigenvalue weighted by atomic mass is 10.0. The monoisotopic (exact) mass is 330 g/mol. The number of hydrogen-bond acceptors (Lipinski definition) is 5. The Bertz CT molecular complexity index is 1010. The first-order valence-corrected chi connectivity index (χ1v) is 8.18.